The molecule has 0 atom stereocenters. The lowest BCUT2D eigenvalue weighted by molar-refractivity contribution is 0.102. The summed E-state index contributed by atoms with van der Waals surface area (Å²) in [6.45, 7) is 1.90. The van der Waals surface area contributed by atoms with Crippen LogP contribution in [0.2, 0.25) is 5.02 Å². The molecule has 3 aromatic rings. The number of primary amides is 1. The third kappa shape index (κ3) is 5.77. The maximum Gasteiger partial charge on any atom is 0.312 e. The molecule has 0 heterocycles. The van der Waals surface area contributed by atoms with E-state index in [1.54, 1.807) is 67.6 Å². The Balaban J connectivity index is 1.77. The van der Waals surface area contributed by atoms with Crippen molar-refractivity contribution < 1.29 is 18.0 Å². The minimum atomic E-state index is -3.94. The summed E-state index contributed by atoms with van der Waals surface area (Å²) in [4.78, 5) is 23.4. The fourth-order valence-electron chi connectivity index (χ4n) is 2.88. The highest BCUT2D eigenvalue weighted by Crippen LogP contribution is 2.27. The SMILES string of the molecule is Cc1ccc(NC(=O)c2ccc(CNC(N)=O)cc2)cc1S(=O)(=O)Nc1ccccc1Cl. The topological polar surface area (TPSA) is 130 Å². The molecule has 0 aliphatic heterocycles. The van der Waals surface area contributed by atoms with Crippen molar-refractivity contribution in [2.24, 2.45) is 5.73 Å². The molecule has 0 spiro atoms. The van der Waals surface area contributed by atoms with Crippen molar-refractivity contribution in [1.82, 2.24) is 5.32 Å². The summed E-state index contributed by atoms with van der Waals surface area (Å²) in [6.07, 6.45) is 0. The molecule has 10 heteroatoms. The van der Waals surface area contributed by atoms with Crippen LogP contribution in [0, 0.1) is 6.92 Å². The number of rotatable bonds is 7. The Labute approximate surface area is 190 Å². The van der Waals surface area contributed by atoms with Gasteiger partial charge in [-0.25, -0.2) is 13.2 Å². The van der Waals surface area contributed by atoms with Crippen molar-refractivity contribution in [2.45, 2.75) is 18.4 Å². The van der Waals surface area contributed by atoms with Crippen LogP contribution in [-0.4, -0.2) is 20.4 Å². The molecule has 32 heavy (non-hydrogen) atoms. The molecule has 3 aromatic carbocycles. The van der Waals surface area contributed by atoms with Gasteiger partial charge in [-0.3, -0.25) is 9.52 Å². The Morgan fingerprint density at radius 1 is 1.00 bits per heavy atom. The van der Waals surface area contributed by atoms with Crippen molar-refractivity contribution in [3.05, 3.63) is 88.4 Å². The Morgan fingerprint density at radius 2 is 1.69 bits per heavy atom. The predicted octanol–water partition coefficient (Wildman–Crippen LogP) is 3.87. The van der Waals surface area contributed by atoms with Gasteiger partial charge in [0.05, 0.1) is 15.6 Å². The number of nitrogens with two attached hydrogens (primary N) is 1. The molecule has 5 N–H and O–H groups in total. The van der Waals surface area contributed by atoms with Crippen molar-refractivity contribution in [3.63, 3.8) is 0 Å². The Morgan fingerprint density at radius 3 is 2.34 bits per heavy atom. The summed E-state index contributed by atoms with van der Waals surface area (Å²) in [5, 5.41) is 5.43. The monoisotopic (exact) mass is 472 g/mol. The van der Waals surface area contributed by atoms with E-state index in [2.05, 4.69) is 15.4 Å². The highest BCUT2D eigenvalue weighted by molar-refractivity contribution is 7.92. The number of carbonyl (C=O) groups excluding carboxylic acids is 2. The number of halogens is 1. The molecule has 0 aliphatic rings. The van der Waals surface area contributed by atoms with Crippen molar-refractivity contribution >= 4 is 44.9 Å². The Hall–Kier alpha value is -3.56. The quantitative estimate of drug-likeness (QED) is 0.415. The zero-order chi connectivity index (χ0) is 23.3. The number of hydrogen-bond acceptors (Lipinski definition) is 4. The van der Waals surface area contributed by atoms with Gasteiger partial charge >= 0.3 is 6.03 Å². The third-order valence-electron chi connectivity index (χ3n) is 4.54. The second-order valence-electron chi connectivity index (χ2n) is 6.93. The maximum atomic E-state index is 12.9. The first-order chi connectivity index (χ1) is 15.2. The normalized spacial score (nSPS) is 10.9. The molecule has 0 radical (unpaired) electrons. The fraction of sp³-hybridized carbons (Fsp3) is 0.0909. The molecule has 0 bridgehead atoms. The molecule has 166 valence electrons. The van der Waals surface area contributed by atoms with E-state index in [1.807, 2.05) is 0 Å². The van der Waals surface area contributed by atoms with E-state index < -0.39 is 22.0 Å². The summed E-state index contributed by atoms with van der Waals surface area (Å²) in [5.41, 5.74) is 7.27. The van der Waals surface area contributed by atoms with Gasteiger partial charge in [0.15, 0.2) is 0 Å². The summed E-state index contributed by atoms with van der Waals surface area (Å²) in [7, 11) is -3.94. The number of sulfonamides is 1. The van der Waals surface area contributed by atoms with Gasteiger partial charge < -0.3 is 16.4 Å². The number of carbonyl (C=O) groups is 2. The van der Waals surface area contributed by atoms with Crippen LogP contribution in [0.3, 0.4) is 0 Å². The van der Waals surface area contributed by atoms with Crippen molar-refractivity contribution in [1.29, 1.82) is 0 Å². The van der Waals surface area contributed by atoms with Gasteiger partial charge in [-0.1, -0.05) is 41.9 Å². The van der Waals surface area contributed by atoms with Crippen LogP contribution in [0.4, 0.5) is 16.2 Å². The number of amides is 3. The average molecular weight is 473 g/mol. The van der Waals surface area contributed by atoms with Crippen LogP contribution in [0.1, 0.15) is 21.5 Å². The second-order valence-corrected chi connectivity index (χ2v) is 8.99. The van der Waals surface area contributed by atoms with Gasteiger partial charge in [-0.05, 0) is 54.4 Å². The van der Waals surface area contributed by atoms with Crippen LogP contribution >= 0.6 is 11.6 Å². The number of benzene rings is 3. The second kappa shape index (κ2) is 9.71. The zero-order valence-electron chi connectivity index (χ0n) is 17.1. The number of anilines is 2. The number of aryl methyl sites for hydroxylation is 1. The molecule has 0 unspecified atom stereocenters. The molecular formula is C22H21ClN4O4S. The van der Waals surface area contributed by atoms with Crippen LogP contribution in [0.25, 0.3) is 0 Å². The Bertz CT molecular complexity index is 1260. The summed E-state index contributed by atoms with van der Waals surface area (Å²) in [5.74, 6) is -0.411. The lowest BCUT2D eigenvalue weighted by Crippen LogP contribution is -2.28. The first kappa shape index (κ1) is 23.1. The summed E-state index contributed by atoms with van der Waals surface area (Å²) in [6, 6.07) is 17.0. The first-order valence-electron chi connectivity index (χ1n) is 9.47. The molecule has 3 amide bonds. The number of para-hydroxylation sites is 1. The third-order valence-corrected chi connectivity index (χ3v) is 6.37. The highest BCUT2D eigenvalue weighted by Gasteiger charge is 2.19. The van der Waals surface area contributed by atoms with Crippen LogP contribution in [-0.2, 0) is 16.6 Å². The van der Waals surface area contributed by atoms with E-state index in [1.165, 1.54) is 6.07 Å². The van der Waals surface area contributed by atoms with E-state index in [4.69, 9.17) is 17.3 Å². The van der Waals surface area contributed by atoms with Crippen LogP contribution in [0.5, 0.6) is 0 Å². The van der Waals surface area contributed by atoms with Gasteiger partial charge in [0.2, 0.25) is 0 Å². The minimum absolute atomic E-state index is 0.0168. The van der Waals surface area contributed by atoms with E-state index in [0.29, 0.717) is 16.8 Å². The molecule has 0 aromatic heterocycles. The number of urea groups is 1. The smallest absolute Gasteiger partial charge is 0.312 e. The molecule has 8 nitrogen and oxygen atoms in total. The average Bonchev–Trinajstić information content (AvgIpc) is 2.75. The molecule has 3 rings (SSSR count). The van der Waals surface area contributed by atoms with Crippen LogP contribution < -0.4 is 21.1 Å². The molecule has 0 fully saturated rings. The fourth-order valence-corrected chi connectivity index (χ4v) is 4.47. The van der Waals surface area contributed by atoms with Gasteiger partial charge in [0, 0.05) is 17.8 Å². The molecule has 0 aliphatic carbocycles. The van der Waals surface area contributed by atoms with E-state index in [0.717, 1.165) is 5.56 Å². The summed E-state index contributed by atoms with van der Waals surface area (Å²) >= 11 is 6.06. The van der Waals surface area contributed by atoms with Crippen LogP contribution in [0.15, 0.2) is 71.6 Å². The first-order valence-corrected chi connectivity index (χ1v) is 11.3. The standard InChI is InChI=1S/C22H21ClN4O4S/c1-14-6-11-17(12-20(14)32(30,31)27-19-5-3-2-4-18(19)23)26-21(28)16-9-7-15(8-10-16)13-25-22(24)29/h2-12,27H,13H2,1H3,(H,26,28)(H3,24,25,29). The van der Waals surface area contributed by atoms with E-state index >= 15 is 0 Å². The van der Waals surface area contributed by atoms with Gasteiger partial charge in [-0.15, -0.1) is 0 Å². The van der Waals surface area contributed by atoms with Gasteiger partial charge in [0.25, 0.3) is 15.9 Å². The summed E-state index contributed by atoms with van der Waals surface area (Å²) < 4.78 is 28.3. The van der Waals surface area contributed by atoms with Crippen molar-refractivity contribution in [2.75, 3.05) is 10.0 Å². The van der Waals surface area contributed by atoms with E-state index in [-0.39, 0.29) is 22.2 Å². The lowest BCUT2D eigenvalue weighted by Gasteiger charge is -2.13. The molecular weight excluding hydrogens is 452 g/mol. The molecule has 0 saturated heterocycles. The number of hydrogen-bond donors (Lipinski definition) is 4. The molecule has 0 saturated carbocycles. The maximum absolute atomic E-state index is 12.9. The highest BCUT2D eigenvalue weighted by atomic mass is 35.5. The minimum Gasteiger partial charge on any atom is -0.352 e. The van der Waals surface area contributed by atoms with Gasteiger partial charge in [-0.2, -0.15) is 0 Å². The largest absolute Gasteiger partial charge is 0.352 e. The zero-order valence-corrected chi connectivity index (χ0v) is 18.6. The van der Waals surface area contributed by atoms with Crippen molar-refractivity contribution in [3.8, 4) is 0 Å². The lowest BCUT2D eigenvalue weighted by atomic mass is 10.1. The predicted molar refractivity (Wildman–Crippen MR) is 124 cm³/mol. The number of nitrogens with one attached hydrogen (secondary N) is 3. The van der Waals surface area contributed by atoms with E-state index in [9.17, 15) is 18.0 Å². The van der Waals surface area contributed by atoms with Gasteiger partial charge in [0.1, 0.15) is 0 Å². The Kier molecular flexibility index (Phi) is 7.01.